The minimum Gasteiger partial charge on any atom is -0.321 e. The molecule has 7 nitrogen and oxygen atoms in total. The van der Waals surface area contributed by atoms with E-state index in [1.807, 2.05) is 30.5 Å². The monoisotopic (exact) mass is 355 g/mol. The van der Waals surface area contributed by atoms with Crippen molar-refractivity contribution in [2.24, 2.45) is 0 Å². The van der Waals surface area contributed by atoms with E-state index in [4.69, 9.17) is 0 Å². The summed E-state index contributed by atoms with van der Waals surface area (Å²) in [6, 6.07) is 4.42. The maximum atomic E-state index is 12.2. The third kappa shape index (κ3) is 3.53. The number of aromatic amines is 1. The fourth-order valence-corrected chi connectivity index (χ4v) is 3.23. The number of rotatable bonds is 6. The normalized spacial score (nSPS) is 12.8. The zero-order chi connectivity index (χ0) is 18.8. The molecule has 2 heterocycles. The number of aromatic nitrogens is 4. The molecular formula is C19H25N5O2. The van der Waals surface area contributed by atoms with Gasteiger partial charge >= 0.3 is 5.69 Å². The van der Waals surface area contributed by atoms with Gasteiger partial charge in [-0.25, -0.2) is 9.78 Å². The van der Waals surface area contributed by atoms with E-state index in [0.717, 1.165) is 41.5 Å². The molecule has 0 spiro atoms. The molecule has 0 saturated heterocycles. The van der Waals surface area contributed by atoms with Gasteiger partial charge in [-0.15, -0.1) is 0 Å². The van der Waals surface area contributed by atoms with Crippen LogP contribution in [-0.4, -0.2) is 32.1 Å². The number of nitrogens with zero attached hydrogens (tertiary/aromatic N) is 3. The van der Waals surface area contributed by atoms with E-state index >= 15 is 0 Å². The molecule has 2 aliphatic heterocycles. The fourth-order valence-electron chi connectivity index (χ4n) is 3.23. The van der Waals surface area contributed by atoms with Crippen LogP contribution in [-0.2, 0) is 6.54 Å². The number of aryl methyl sites for hydroxylation is 2. The molecule has 26 heavy (non-hydrogen) atoms. The summed E-state index contributed by atoms with van der Waals surface area (Å²) < 4.78 is 1.92. The molecule has 0 fully saturated rings. The van der Waals surface area contributed by atoms with Crippen molar-refractivity contribution in [3.63, 3.8) is 0 Å². The molecule has 2 N–H and O–H groups in total. The molecule has 0 saturated carbocycles. The van der Waals surface area contributed by atoms with Gasteiger partial charge in [0.1, 0.15) is 0 Å². The lowest BCUT2D eigenvalue weighted by molar-refractivity contribution is 0.488. The first kappa shape index (κ1) is 18.3. The molecule has 0 aromatic heterocycles. The van der Waals surface area contributed by atoms with Gasteiger partial charge in [0.05, 0.1) is 11.0 Å². The molecule has 138 valence electrons. The van der Waals surface area contributed by atoms with Gasteiger partial charge < -0.3 is 9.88 Å². The zero-order valence-corrected chi connectivity index (χ0v) is 15.7. The Hall–Kier alpha value is -2.54. The first-order chi connectivity index (χ1) is 12.4. The second-order valence-corrected chi connectivity index (χ2v) is 6.88. The van der Waals surface area contributed by atoms with E-state index in [1.165, 1.54) is 0 Å². The molecule has 0 aliphatic carbocycles. The van der Waals surface area contributed by atoms with Crippen LogP contribution >= 0.6 is 0 Å². The van der Waals surface area contributed by atoms with Gasteiger partial charge in [0.25, 0.3) is 5.56 Å². The Bertz CT molecular complexity index is 1020. The van der Waals surface area contributed by atoms with Crippen molar-refractivity contribution in [1.29, 1.82) is 0 Å². The van der Waals surface area contributed by atoms with Gasteiger partial charge in [-0.05, 0) is 50.5 Å². The van der Waals surface area contributed by atoms with Crippen molar-refractivity contribution < 1.29 is 0 Å². The minimum absolute atomic E-state index is 0.196. The number of H-pyrrole nitrogens is 1. The highest BCUT2D eigenvalue weighted by Gasteiger charge is 2.19. The van der Waals surface area contributed by atoms with Crippen LogP contribution in [0, 0.1) is 13.8 Å². The predicted octanol–water partition coefficient (Wildman–Crippen LogP) is 1.98. The van der Waals surface area contributed by atoms with Crippen LogP contribution in [0.4, 0.5) is 0 Å². The topological polar surface area (TPSA) is 92.7 Å². The molecule has 1 aromatic carbocycles. The van der Waals surface area contributed by atoms with Crippen molar-refractivity contribution in [2.75, 3.05) is 6.54 Å². The zero-order valence-electron chi connectivity index (χ0n) is 15.7. The van der Waals surface area contributed by atoms with Crippen LogP contribution in [0.2, 0.25) is 0 Å². The maximum Gasteiger partial charge on any atom is 0.349 e. The summed E-state index contributed by atoms with van der Waals surface area (Å²) in [4.78, 5) is 34.7. The van der Waals surface area contributed by atoms with Crippen molar-refractivity contribution in [3.05, 3.63) is 44.1 Å². The molecule has 1 aromatic rings. The molecule has 3 rings (SSSR count). The van der Waals surface area contributed by atoms with Crippen LogP contribution in [0.25, 0.3) is 22.6 Å². The Morgan fingerprint density at radius 3 is 2.65 bits per heavy atom. The Morgan fingerprint density at radius 2 is 1.92 bits per heavy atom. The molecule has 0 bridgehead atoms. The van der Waals surface area contributed by atoms with E-state index in [9.17, 15) is 9.59 Å². The van der Waals surface area contributed by atoms with Crippen molar-refractivity contribution in [3.8, 4) is 11.5 Å². The third-order valence-electron chi connectivity index (χ3n) is 4.77. The highest BCUT2D eigenvalue weighted by Crippen LogP contribution is 2.23. The highest BCUT2D eigenvalue weighted by atomic mass is 16.2. The second-order valence-electron chi connectivity index (χ2n) is 6.88. The average molecular weight is 355 g/mol. The van der Waals surface area contributed by atoms with Gasteiger partial charge in [0.15, 0.2) is 11.5 Å². The van der Waals surface area contributed by atoms with Gasteiger partial charge in [-0.3, -0.25) is 9.78 Å². The Labute approximate surface area is 151 Å². The van der Waals surface area contributed by atoms with E-state index in [-0.39, 0.29) is 5.69 Å². The maximum absolute atomic E-state index is 12.2. The molecule has 1 atom stereocenters. The van der Waals surface area contributed by atoms with E-state index in [0.29, 0.717) is 18.4 Å². The Balaban J connectivity index is 2.14. The fraction of sp³-hybridized carbons (Fsp3) is 0.474. The number of nitrogens with one attached hydrogen (secondary N) is 2. The van der Waals surface area contributed by atoms with Crippen molar-refractivity contribution >= 4 is 11.0 Å². The first-order valence-corrected chi connectivity index (χ1v) is 9.06. The second kappa shape index (κ2) is 7.37. The lowest BCUT2D eigenvalue weighted by Crippen LogP contribution is -2.32. The summed E-state index contributed by atoms with van der Waals surface area (Å²) in [6.07, 6.45) is 2.22. The lowest BCUT2D eigenvalue weighted by atomic mass is 10.1. The quantitative estimate of drug-likeness (QED) is 0.660. The molecule has 7 heteroatoms. The van der Waals surface area contributed by atoms with Gasteiger partial charge in [0.2, 0.25) is 0 Å². The standard InChI is InChI=1S/C19H25N5O2/c1-5-6-13(4)20-7-8-24-15-10-12(3)11(2)9-14(15)21-16-17(24)22-19(26)23-18(16)25/h9-10,13,20H,5-8H2,1-4H3,(H,23,25,26). The number of benzene rings is 1. The number of fused-ring (bicyclic) bond motifs is 2. The number of hydrogen-bond acceptors (Lipinski definition) is 5. The third-order valence-corrected chi connectivity index (χ3v) is 4.77. The summed E-state index contributed by atoms with van der Waals surface area (Å²) >= 11 is 0. The van der Waals surface area contributed by atoms with E-state index < -0.39 is 11.2 Å². The van der Waals surface area contributed by atoms with E-state index in [1.54, 1.807) is 0 Å². The number of hydrogen-bond donors (Lipinski definition) is 2. The van der Waals surface area contributed by atoms with Gasteiger partial charge in [-0.1, -0.05) is 13.3 Å². The molecule has 2 aliphatic rings. The smallest absolute Gasteiger partial charge is 0.321 e. The summed E-state index contributed by atoms with van der Waals surface area (Å²) in [5.41, 5.74) is 2.90. The Kier molecular flexibility index (Phi) is 5.18. The SMILES string of the molecule is CCCC(C)NCCn1c2nc(=O)[nH]c(=O)c-2nc2cc(C)c(C)cc21. The van der Waals surface area contributed by atoms with Crippen LogP contribution in [0.15, 0.2) is 21.7 Å². The molecule has 0 amide bonds. The van der Waals surface area contributed by atoms with Crippen molar-refractivity contribution in [2.45, 2.75) is 53.1 Å². The first-order valence-electron chi connectivity index (χ1n) is 9.06. The summed E-state index contributed by atoms with van der Waals surface area (Å²) in [6.45, 7) is 9.69. The van der Waals surface area contributed by atoms with E-state index in [2.05, 4.69) is 34.1 Å². The summed E-state index contributed by atoms with van der Waals surface area (Å²) in [5.74, 6) is 0.333. The van der Waals surface area contributed by atoms with Crippen molar-refractivity contribution in [1.82, 2.24) is 24.8 Å². The van der Waals surface area contributed by atoms with Gasteiger partial charge in [0, 0.05) is 19.1 Å². The predicted molar refractivity (Wildman–Crippen MR) is 103 cm³/mol. The minimum atomic E-state index is -0.645. The summed E-state index contributed by atoms with van der Waals surface area (Å²) in [5, 5.41) is 3.48. The van der Waals surface area contributed by atoms with Crippen LogP contribution in [0.1, 0.15) is 37.8 Å². The van der Waals surface area contributed by atoms with Crippen LogP contribution in [0.3, 0.4) is 0 Å². The molecule has 0 radical (unpaired) electrons. The largest absolute Gasteiger partial charge is 0.349 e. The Morgan fingerprint density at radius 1 is 1.19 bits per heavy atom. The summed E-state index contributed by atoms with van der Waals surface area (Å²) in [7, 11) is 0. The van der Waals surface area contributed by atoms with Crippen LogP contribution < -0.4 is 16.6 Å². The molecular weight excluding hydrogens is 330 g/mol. The average Bonchev–Trinajstić information content (AvgIpc) is 2.57. The lowest BCUT2D eigenvalue weighted by Gasteiger charge is -2.19. The van der Waals surface area contributed by atoms with Gasteiger partial charge in [-0.2, -0.15) is 4.98 Å². The highest BCUT2D eigenvalue weighted by molar-refractivity contribution is 5.81. The molecule has 1 unspecified atom stereocenters. The van der Waals surface area contributed by atoms with Crippen LogP contribution in [0.5, 0.6) is 0 Å².